The Bertz CT molecular complexity index is 274. The molecule has 3 amide bonds. The first-order valence-corrected chi connectivity index (χ1v) is 5.78. The highest BCUT2D eigenvalue weighted by atomic mass is 16.2. The van der Waals surface area contributed by atoms with Crippen LogP contribution in [0.1, 0.15) is 33.6 Å². The standard InChI is InChI=1S/C11H21N3O2/c1-7(2)6-14(9-4-5-9)10(15)8(3)13-11(12)16/h7-9H,4-6H2,1-3H3,(H3,12,13,16). The van der Waals surface area contributed by atoms with Crippen LogP contribution in [0.4, 0.5) is 4.79 Å². The van der Waals surface area contributed by atoms with E-state index in [4.69, 9.17) is 5.73 Å². The van der Waals surface area contributed by atoms with Crippen molar-refractivity contribution >= 4 is 11.9 Å². The molecule has 5 nitrogen and oxygen atoms in total. The molecule has 0 heterocycles. The summed E-state index contributed by atoms with van der Waals surface area (Å²) in [6.45, 7) is 6.57. The summed E-state index contributed by atoms with van der Waals surface area (Å²) < 4.78 is 0. The SMILES string of the molecule is CC(C)CN(C(=O)C(C)NC(N)=O)C1CC1. The van der Waals surface area contributed by atoms with E-state index in [-0.39, 0.29) is 5.91 Å². The molecule has 0 aromatic heterocycles. The zero-order valence-corrected chi connectivity index (χ0v) is 10.2. The van der Waals surface area contributed by atoms with E-state index in [1.807, 2.05) is 4.90 Å². The first-order chi connectivity index (χ1) is 7.41. The Balaban J connectivity index is 2.55. The third kappa shape index (κ3) is 3.72. The molecule has 0 saturated heterocycles. The van der Waals surface area contributed by atoms with E-state index in [9.17, 15) is 9.59 Å². The Hall–Kier alpha value is -1.26. The predicted molar refractivity (Wildman–Crippen MR) is 61.8 cm³/mol. The van der Waals surface area contributed by atoms with Gasteiger partial charge in [-0.25, -0.2) is 4.79 Å². The van der Waals surface area contributed by atoms with Crippen LogP contribution in [0.15, 0.2) is 0 Å². The highest BCUT2D eigenvalue weighted by Gasteiger charge is 2.34. The molecule has 0 spiro atoms. The molecule has 1 fully saturated rings. The second-order valence-corrected chi connectivity index (χ2v) is 4.85. The zero-order chi connectivity index (χ0) is 12.3. The zero-order valence-electron chi connectivity index (χ0n) is 10.2. The first-order valence-electron chi connectivity index (χ1n) is 5.78. The molecule has 0 bridgehead atoms. The van der Waals surface area contributed by atoms with Crippen molar-refractivity contribution in [3.05, 3.63) is 0 Å². The number of carbonyl (C=O) groups excluding carboxylic acids is 2. The van der Waals surface area contributed by atoms with Gasteiger partial charge in [0.05, 0.1) is 0 Å². The van der Waals surface area contributed by atoms with Gasteiger partial charge in [-0.2, -0.15) is 0 Å². The van der Waals surface area contributed by atoms with Gasteiger partial charge < -0.3 is 16.0 Å². The van der Waals surface area contributed by atoms with E-state index in [0.717, 1.165) is 19.4 Å². The lowest BCUT2D eigenvalue weighted by Crippen LogP contribution is -2.50. The first kappa shape index (κ1) is 12.8. The minimum atomic E-state index is -0.652. The van der Waals surface area contributed by atoms with Crippen LogP contribution in [0.5, 0.6) is 0 Å². The molecule has 1 atom stereocenters. The Kier molecular flexibility index (Phi) is 4.15. The van der Waals surface area contributed by atoms with E-state index >= 15 is 0 Å². The summed E-state index contributed by atoms with van der Waals surface area (Å²) in [4.78, 5) is 24.6. The van der Waals surface area contributed by atoms with Gasteiger partial charge in [-0.05, 0) is 25.7 Å². The fourth-order valence-electron chi connectivity index (χ4n) is 1.72. The van der Waals surface area contributed by atoms with Crippen LogP contribution in [0.2, 0.25) is 0 Å². The maximum atomic E-state index is 12.1. The second kappa shape index (κ2) is 5.18. The summed E-state index contributed by atoms with van der Waals surface area (Å²) >= 11 is 0. The lowest BCUT2D eigenvalue weighted by molar-refractivity contribution is -0.133. The largest absolute Gasteiger partial charge is 0.352 e. The number of nitrogens with two attached hydrogens (primary N) is 1. The number of amides is 3. The summed E-state index contributed by atoms with van der Waals surface area (Å²) in [6, 6.07) is -0.815. The highest BCUT2D eigenvalue weighted by molar-refractivity contribution is 5.86. The van der Waals surface area contributed by atoms with Crippen LogP contribution < -0.4 is 11.1 Å². The molecular formula is C11H21N3O2. The minimum absolute atomic E-state index is 0.0324. The van der Waals surface area contributed by atoms with Crippen LogP contribution in [0.3, 0.4) is 0 Å². The Morgan fingerprint density at radius 1 is 1.38 bits per heavy atom. The van der Waals surface area contributed by atoms with Crippen LogP contribution in [-0.2, 0) is 4.79 Å². The molecule has 3 N–H and O–H groups in total. The van der Waals surface area contributed by atoms with Crippen molar-refractivity contribution in [3.8, 4) is 0 Å². The van der Waals surface area contributed by atoms with Crippen LogP contribution >= 0.6 is 0 Å². The van der Waals surface area contributed by atoms with Crippen molar-refractivity contribution in [3.63, 3.8) is 0 Å². The topological polar surface area (TPSA) is 75.4 Å². The quantitative estimate of drug-likeness (QED) is 0.725. The monoisotopic (exact) mass is 227 g/mol. The van der Waals surface area contributed by atoms with Gasteiger partial charge in [-0.1, -0.05) is 13.8 Å². The van der Waals surface area contributed by atoms with Gasteiger partial charge in [0.2, 0.25) is 5.91 Å². The van der Waals surface area contributed by atoms with E-state index in [2.05, 4.69) is 19.2 Å². The van der Waals surface area contributed by atoms with Gasteiger partial charge in [-0.15, -0.1) is 0 Å². The molecule has 1 rings (SSSR count). The molecule has 5 heteroatoms. The Morgan fingerprint density at radius 2 is 1.94 bits per heavy atom. The van der Waals surface area contributed by atoms with Crippen molar-refractivity contribution in [2.24, 2.45) is 11.7 Å². The van der Waals surface area contributed by atoms with Gasteiger partial charge >= 0.3 is 6.03 Å². The number of primary amides is 1. The normalized spacial score (nSPS) is 17.0. The van der Waals surface area contributed by atoms with E-state index in [1.54, 1.807) is 6.92 Å². The Labute approximate surface area is 96.4 Å². The highest BCUT2D eigenvalue weighted by Crippen LogP contribution is 2.28. The van der Waals surface area contributed by atoms with Crippen molar-refractivity contribution in [2.75, 3.05) is 6.54 Å². The molecular weight excluding hydrogens is 206 g/mol. The molecule has 1 unspecified atom stereocenters. The van der Waals surface area contributed by atoms with Crippen molar-refractivity contribution < 1.29 is 9.59 Å². The van der Waals surface area contributed by atoms with Gasteiger partial charge in [-0.3, -0.25) is 4.79 Å². The molecule has 16 heavy (non-hydrogen) atoms. The lowest BCUT2D eigenvalue weighted by atomic mass is 10.2. The van der Waals surface area contributed by atoms with Gasteiger partial charge in [0.25, 0.3) is 0 Å². The molecule has 1 aliphatic carbocycles. The van der Waals surface area contributed by atoms with E-state index in [1.165, 1.54) is 0 Å². The smallest absolute Gasteiger partial charge is 0.312 e. The third-order valence-electron chi connectivity index (χ3n) is 2.56. The predicted octanol–water partition coefficient (Wildman–Crippen LogP) is 0.690. The van der Waals surface area contributed by atoms with Gasteiger partial charge in [0.1, 0.15) is 6.04 Å². The number of rotatable bonds is 5. The summed E-state index contributed by atoms with van der Waals surface area (Å²) in [5, 5.41) is 2.43. The van der Waals surface area contributed by atoms with E-state index in [0.29, 0.717) is 12.0 Å². The summed E-state index contributed by atoms with van der Waals surface area (Å²) in [6.07, 6.45) is 2.14. The third-order valence-corrected chi connectivity index (χ3v) is 2.56. The maximum Gasteiger partial charge on any atom is 0.312 e. The van der Waals surface area contributed by atoms with Gasteiger partial charge in [0.15, 0.2) is 0 Å². The average molecular weight is 227 g/mol. The van der Waals surface area contributed by atoms with Crippen molar-refractivity contribution in [1.29, 1.82) is 0 Å². The molecule has 0 aromatic rings. The van der Waals surface area contributed by atoms with Gasteiger partial charge in [0, 0.05) is 12.6 Å². The fraction of sp³-hybridized carbons (Fsp3) is 0.818. The number of nitrogens with zero attached hydrogens (tertiary/aromatic N) is 1. The second-order valence-electron chi connectivity index (χ2n) is 4.85. The fourth-order valence-corrected chi connectivity index (χ4v) is 1.72. The number of hydrogen-bond acceptors (Lipinski definition) is 2. The average Bonchev–Trinajstić information content (AvgIpc) is 2.94. The minimum Gasteiger partial charge on any atom is -0.352 e. The van der Waals surface area contributed by atoms with Crippen LogP contribution in [0.25, 0.3) is 0 Å². The number of nitrogens with one attached hydrogen (secondary N) is 1. The maximum absolute atomic E-state index is 12.1. The van der Waals surface area contributed by atoms with E-state index < -0.39 is 12.1 Å². The summed E-state index contributed by atoms with van der Waals surface area (Å²) in [5.74, 6) is 0.403. The molecule has 0 radical (unpaired) electrons. The summed E-state index contributed by atoms with van der Waals surface area (Å²) in [5.41, 5.74) is 5.00. The number of carbonyl (C=O) groups is 2. The molecule has 0 aliphatic heterocycles. The molecule has 92 valence electrons. The van der Waals surface area contributed by atoms with Crippen LogP contribution in [-0.4, -0.2) is 35.5 Å². The summed E-state index contributed by atoms with van der Waals surface area (Å²) in [7, 11) is 0. The molecule has 1 aliphatic rings. The van der Waals surface area contributed by atoms with Crippen molar-refractivity contribution in [2.45, 2.75) is 45.7 Å². The lowest BCUT2D eigenvalue weighted by Gasteiger charge is -2.27. The number of hydrogen-bond donors (Lipinski definition) is 2. The Morgan fingerprint density at radius 3 is 2.31 bits per heavy atom. The van der Waals surface area contributed by atoms with Crippen molar-refractivity contribution in [1.82, 2.24) is 10.2 Å². The molecule has 1 saturated carbocycles. The molecule has 0 aromatic carbocycles. The van der Waals surface area contributed by atoms with Crippen LogP contribution in [0, 0.1) is 5.92 Å². The number of urea groups is 1.